The number of hydrogen-bond acceptors (Lipinski definition) is 5. The summed E-state index contributed by atoms with van der Waals surface area (Å²) in [6, 6.07) is 5.68. The van der Waals surface area contributed by atoms with Gasteiger partial charge in [0.25, 0.3) is 0 Å². The number of pyridine rings is 1. The molecule has 3 rings (SSSR count). The Bertz CT molecular complexity index is 609. The molecule has 106 valence electrons. The van der Waals surface area contributed by atoms with Crippen LogP contribution in [0.1, 0.15) is 6.42 Å². The van der Waals surface area contributed by atoms with E-state index in [4.69, 9.17) is 14.2 Å². The van der Waals surface area contributed by atoms with Gasteiger partial charge in [-0.1, -0.05) is 0 Å². The van der Waals surface area contributed by atoms with Crippen molar-refractivity contribution in [3.8, 4) is 17.2 Å². The first-order chi connectivity index (χ1) is 9.81. The van der Waals surface area contributed by atoms with Crippen molar-refractivity contribution in [1.29, 1.82) is 0 Å². The van der Waals surface area contributed by atoms with Crippen LogP contribution in [0.3, 0.4) is 0 Å². The average molecular weight is 274 g/mol. The van der Waals surface area contributed by atoms with Gasteiger partial charge in [-0.3, -0.25) is 4.98 Å². The molecule has 1 aromatic heterocycles. The summed E-state index contributed by atoms with van der Waals surface area (Å²) in [4.78, 5) is 4.37. The number of nitrogens with zero attached hydrogens (tertiary/aromatic N) is 1. The van der Waals surface area contributed by atoms with Crippen molar-refractivity contribution in [2.45, 2.75) is 12.5 Å². The van der Waals surface area contributed by atoms with Crippen LogP contribution in [0, 0.1) is 0 Å². The third-order valence-corrected chi connectivity index (χ3v) is 3.52. The Kier molecular flexibility index (Phi) is 3.60. The van der Waals surface area contributed by atoms with Gasteiger partial charge in [0.1, 0.15) is 11.9 Å². The van der Waals surface area contributed by atoms with E-state index in [1.54, 1.807) is 20.4 Å². The van der Waals surface area contributed by atoms with Gasteiger partial charge in [0.2, 0.25) is 0 Å². The smallest absolute Gasteiger partial charge is 0.162 e. The van der Waals surface area contributed by atoms with E-state index < -0.39 is 0 Å². The van der Waals surface area contributed by atoms with Gasteiger partial charge in [-0.25, -0.2) is 0 Å². The van der Waals surface area contributed by atoms with Crippen molar-refractivity contribution in [2.75, 3.05) is 27.3 Å². The summed E-state index contributed by atoms with van der Waals surface area (Å²) in [5.74, 6) is 2.19. The summed E-state index contributed by atoms with van der Waals surface area (Å²) in [5.41, 5.74) is 0.839. The first-order valence-electron chi connectivity index (χ1n) is 6.70. The van der Waals surface area contributed by atoms with E-state index in [0.717, 1.165) is 36.2 Å². The fourth-order valence-electron chi connectivity index (χ4n) is 2.46. The van der Waals surface area contributed by atoms with Gasteiger partial charge < -0.3 is 19.5 Å². The maximum absolute atomic E-state index is 6.06. The normalized spacial score (nSPS) is 18.2. The monoisotopic (exact) mass is 274 g/mol. The molecule has 2 aromatic rings. The molecule has 0 spiro atoms. The molecule has 1 atom stereocenters. The second-order valence-electron chi connectivity index (χ2n) is 4.77. The first kappa shape index (κ1) is 13.0. The maximum Gasteiger partial charge on any atom is 0.162 e. The van der Waals surface area contributed by atoms with Gasteiger partial charge in [0.05, 0.1) is 19.7 Å². The summed E-state index contributed by atoms with van der Waals surface area (Å²) >= 11 is 0. The van der Waals surface area contributed by atoms with Gasteiger partial charge in [0.15, 0.2) is 11.5 Å². The molecule has 1 aliphatic heterocycles. The van der Waals surface area contributed by atoms with E-state index in [0.29, 0.717) is 11.5 Å². The lowest BCUT2D eigenvalue weighted by Crippen LogP contribution is -2.19. The molecule has 0 radical (unpaired) electrons. The van der Waals surface area contributed by atoms with Crippen molar-refractivity contribution in [3.63, 3.8) is 0 Å². The number of hydrogen-bond donors (Lipinski definition) is 1. The maximum atomic E-state index is 6.06. The van der Waals surface area contributed by atoms with Crippen LogP contribution in [-0.2, 0) is 0 Å². The van der Waals surface area contributed by atoms with Crippen LogP contribution in [0.4, 0.5) is 0 Å². The van der Waals surface area contributed by atoms with E-state index in [2.05, 4.69) is 10.3 Å². The van der Waals surface area contributed by atoms with Crippen LogP contribution >= 0.6 is 0 Å². The highest BCUT2D eigenvalue weighted by molar-refractivity contribution is 5.88. The lowest BCUT2D eigenvalue weighted by molar-refractivity contribution is 0.226. The number of nitrogens with one attached hydrogen (secondary N) is 1. The van der Waals surface area contributed by atoms with Gasteiger partial charge >= 0.3 is 0 Å². The molecular weight excluding hydrogens is 256 g/mol. The Morgan fingerprint density at radius 1 is 1.15 bits per heavy atom. The van der Waals surface area contributed by atoms with E-state index in [9.17, 15) is 0 Å². The average Bonchev–Trinajstić information content (AvgIpc) is 2.99. The van der Waals surface area contributed by atoms with Crippen LogP contribution in [0.5, 0.6) is 17.2 Å². The van der Waals surface area contributed by atoms with Crippen molar-refractivity contribution in [1.82, 2.24) is 10.3 Å². The van der Waals surface area contributed by atoms with Gasteiger partial charge in [-0.15, -0.1) is 0 Å². The van der Waals surface area contributed by atoms with Crippen molar-refractivity contribution < 1.29 is 14.2 Å². The number of rotatable bonds is 4. The van der Waals surface area contributed by atoms with Crippen LogP contribution in [-0.4, -0.2) is 38.4 Å². The molecule has 0 aliphatic carbocycles. The highest BCUT2D eigenvalue weighted by atomic mass is 16.5. The molecule has 1 aromatic carbocycles. The van der Waals surface area contributed by atoms with Crippen molar-refractivity contribution in [3.05, 3.63) is 24.4 Å². The Balaban J connectivity index is 2.03. The van der Waals surface area contributed by atoms with Gasteiger partial charge in [0, 0.05) is 24.2 Å². The van der Waals surface area contributed by atoms with Crippen LogP contribution in [0.15, 0.2) is 24.4 Å². The number of methoxy groups -OCH3 is 2. The van der Waals surface area contributed by atoms with E-state index >= 15 is 0 Å². The highest BCUT2D eigenvalue weighted by Gasteiger charge is 2.18. The predicted molar refractivity (Wildman–Crippen MR) is 76.7 cm³/mol. The van der Waals surface area contributed by atoms with Crippen LogP contribution < -0.4 is 19.5 Å². The molecule has 1 fully saturated rings. The minimum atomic E-state index is 0.216. The SMILES string of the molecule is COc1cc2nccc(OC3CCNC3)c2cc1OC. The van der Waals surface area contributed by atoms with Crippen molar-refractivity contribution in [2.24, 2.45) is 0 Å². The largest absolute Gasteiger partial charge is 0.493 e. The van der Waals surface area contributed by atoms with E-state index in [-0.39, 0.29) is 6.10 Å². The standard InChI is InChI=1S/C15H18N2O3/c1-18-14-7-11-12(8-15(14)19-2)17-6-4-13(11)20-10-3-5-16-9-10/h4,6-8,10,16H,3,5,9H2,1-2H3. The molecule has 0 bridgehead atoms. The highest BCUT2D eigenvalue weighted by Crippen LogP contribution is 2.35. The fourth-order valence-corrected chi connectivity index (χ4v) is 2.46. The summed E-state index contributed by atoms with van der Waals surface area (Å²) in [5, 5.41) is 4.24. The molecule has 20 heavy (non-hydrogen) atoms. The predicted octanol–water partition coefficient (Wildman–Crippen LogP) is 1.99. The van der Waals surface area contributed by atoms with Gasteiger partial charge in [-0.05, 0) is 25.1 Å². The summed E-state index contributed by atoms with van der Waals surface area (Å²) < 4.78 is 16.7. The van der Waals surface area contributed by atoms with Crippen LogP contribution in [0.25, 0.3) is 10.9 Å². The molecular formula is C15H18N2O3. The molecule has 5 heteroatoms. The molecule has 1 unspecified atom stereocenters. The number of ether oxygens (including phenoxy) is 3. The quantitative estimate of drug-likeness (QED) is 0.924. The third-order valence-electron chi connectivity index (χ3n) is 3.52. The summed E-state index contributed by atoms with van der Waals surface area (Å²) in [6.45, 7) is 1.89. The molecule has 2 heterocycles. The zero-order valence-corrected chi connectivity index (χ0v) is 11.7. The molecule has 0 saturated carbocycles. The zero-order valence-electron chi connectivity index (χ0n) is 11.7. The van der Waals surface area contributed by atoms with E-state index in [1.165, 1.54) is 0 Å². The Labute approximate surface area is 117 Å². The second-order valence-corrected chi connectivity index (χ2v) is 4.77. The first-order valence-corrected chi connectivity index (χ1v) is 6.70. The topological polar surface area (TPSA) is 52.6 Å². The van der Waals surface area contributed by atoms with E-state index in [1.807, 2.05) is 18.2 Å². The van der Waals surface area contributed by atoms with Crippen LogP contribution in [0.2, 0.25) is 0 Å². The Morgan fingerprint density at radius 3 is 2.65 bits per heavy atom. The molecule has 1 saturated heterocycles. The second kappa shape index (κ2) is 5.54. The van der Waals surface area contributed by atoms with Crippen molar-refractivity contribution >= 4 is 10.9 Å². The minimum absolute atomic E-state index is 0.216. The zero-order chi connectivity index (χ0) is 13.9. The third kappa shape index (κ3) is 2.36. The number of fused-ring (bicyclic) bond motifs is 1. The Hall–Kier alpha value is -2.01. The lowest BCUT2D eigenvalue weighted by atomic mass is 10.1. The molecule has 1 aliphatic rings. The number of aromatic nitrogens is 1. The fraction of sp³-hybridized carbons (Fsp3) is 0.400. The summed E-state index contributed by atoms with van der Waals surface area (Å²) in [6.07, 6.45) is 3.00. The Morgan fingerprint density at radius 2 is 1.95 bits per heavy atom. The molecule has 0 amide bonds. The molecule has 1 N–H and O–H groups in total. The number of benzene rings is 1. The van der Waals surface area contributed by atoms with Gasteiger partial charge in [-0.2, -0.15) is 0 Å². The minimum Gasteiger partial charge on any atom is -0.493 e. The lowest BCUT2D eigenvalue weighted by Gasteiger charge is -2.15. The summed E-state index contributed by atoms with van der Waals surface area (Å²) in [7, 11) is 3.25. The molecule has 5 nitrogen and oxygen atoms in total.